The fourth-order valence-electron chi connectivity index (χ4n) is 1.66. The largest absolute Gasteiger partial charge is 0.453 e. The summed E-state index contributed by atoms with van der Waals surface area (Å²) in [5.41, 5.74) is 0.543. The van der Waals surface area contributed by atoms with Gasteiger partial charge in [0.25, 0.3) is 5.82 Å². The summed E-state index contributed by atoms with van der Waals surface area (Å²) in [5, 5.41) is 3.50. The van der Waals surface area contributed by atoms with Crippen LogP contribution in [-0.2, 0) is 17.6 Å². The molecule has 0 spiro atoms. The number of rotatable bonds is 5. The minimum absolute atomic E-state index is 0.0671. The summed E-state index contributed by atoms with van der Waals surface area (Å²) in [6.45, 7) is 2.29. The average molecular weight is 364 g/mol. The number of hydrogen-bond acceptors (Lipinski definition) is 3. The van der Waals surface area contributed by atoms with Gasteiger partial charge in [0.05, 0.1) is 0 Å². The van der Waals surface area contributed by atoms with Gasteiger partial charge in [-0.05, 0) is 18.6 Å². The lowest BCUT2D eigenvalue weighted by Gasteiger charge is -2.06. The third-order valence-electron chi connectivity index (χ3n) is 2.59. The molecule has 2 aromatic rings. The van der Waals surface area contributed by atoms with E-state index in [1.807, 2.05) is 6.92 Å². The van der Waals surface area contributed by atoms with Crippen LogP contribution in [0.2, 0.25) is 0 Å². The highest BCUT2D eigenvalue weighted by Gasteiger charge is 2.37. The first-order chi connectivity index (χ1) is 9.91. The molecule has 0 aliphatic carbocycles. The number of ether oxygens (including phenoxy) is 1. The van der Waals surface area contributed by atoms with Crippen LogP contribution in [0.1, 0.15) is 19.2 Å². The van der Waals surface area contributed by atoms with Gasteiger partial charge in [-0.15, -0.1) is 5.10 Å². The van der Waals surface area contributed by atoms with Crippen molar-refractivity contribution in [2.75, 3.05) is 6.61 Å². The molecule has 114 valence electrons. The molecule has 0 unspecified atom stereocenters. The number of aromatic nitrogens is 3. The van der Waals surface area contributed by atoms with Crippen molar-refractivity contribution in [3.63, 3.8) is 0 Å². The molecule has 1 aromatic carbocycles. The van der Waals surface area contributed by atoms with Crippen LogP contribution < -0.4 is 0 Å². The van der Waals surface area contributed by atoms with E-state index in [-0.39, 0.29) is 12.6 Å². The zero-order valence-corrected chi connectivity index (χ0v) is 12.8. The highest BCUT2D eigenvalue weighted by molar-refractivity contribution is 9.10. The molecule has 0 saturated heterocycles. The van der Waals surface area contributed by atoms with Gasteiger partial charge in [0.1, 0.15) is 6.73 Å². The van der Waals surface area contributed by atoms with Gasteiger partial charge in [-0.2, -0.15) is 13.2 Å². The maximum atomic E-state index is 12.8. The van der Waals surface area contributed by atoms with E-state index in [0.29, 0.717) is 12.2 Å². The molecule has 0 bridgehead atoms. The molecule has 4 nitrogen and oxygen atoms in total. The van der Waals surface area contributed by atoms with E-state index in [4.69, 9.17) is 4.74 Å². The Kier molecular flexibility index (Phi) is 5.00. The summed E-state index contributed by atoms with van der Waals surface area (Å²) < 4.78 is 45.5. The van der Waals surface area contributed by atoms with Crippen molar-refractivity contribution in [1.29, 1.82) is 0 Å². The molecular formula is C13H13BrF3N3O. The Morgan fingerprint density at radius 1 is 1.24 bits per heavy atom. The van der Waals surface area contributed by atoms with E-state index >= 15 is 0 Å². The van der Waals surface area contributed by atoms with Crippen LogP contribution in [-0.4, -0.2) is 21.4 Å². The third kappa shape index (κ3) is 4.04. The zero-order chi connectivity index (χ0) is 15.5. The molecule has 0 aliphatic rings. The lowest BCUT2D eigenvalue weighted by atomic mass is 10.2. The molecule has 0 fully saturated rings. The molecule has 0 amide bonds. The fourth-order valence-corrected chi connectivity index (χ4v) is 1.92. The molecule has 0 saturated carbocycles. The van der Waals surface area contributed by atoms with Crippen LogP contribution in [0.4, 0.5) is 13.2 Å². The first-order valence-electron chi connectivity index (χ1n) is 6.27. The van der Waals surface area contributed by atoms with Gasteiger partial charge in [-0.1, -0.05) is 35.0 Å². The topological polar surface area (TPSA) is 39.9 Å². The van der Waals surface area contributed by atoms with E-state index in [1.54, 1.807) is 24.3 Å². The molecule has 1 aromatic heterocycles. The van der Waals surface area contributed by atoms with E-state index in [0.717, 1.165) is 15.6 Å². The quantitative estimate of drug-likeness (QED) is 0.750. The highest BCUT2D eigenvalue weighted by atomic mass is 79.9. The van der Waals surface area contributed by atoms with E-state index < -0.39 is 12.0 Å². The summed E-state index contributed by atoms with van der Waals surface area (Å²) in [4.78, 5) is 3.59. The molecule has 1 heterocycles. The van der Waals surface area contributed by atoms with Crippen molar-refractivity contribution in [1.82, 2.24) is 14.8 Å². The van der Waals surface area contributed by atoms with Crippen LogP contribution >= 0.6 is 15.9 Å². The van der Waals surface area contributed by atoms with Crippen LogP contribution in [0.3, 0.4) is 0 Å². The van der Waals surface area contributed by atoms with Crippen LogP contribution in [0.5, 0.6) is 0 Å². The number of nitrogens with zero attached hydrogens (tertiary/aromatic N) is 3. The second-order valence-electron chi connectivity index (χ2n) is 4.30. The lowest BCUT2D eigenvalue weighted by Crippen LogP contribution is -2.10. The fraction of sp³-hybridized carbons (Fsp3) is 0.385. The Labute approximate surface area is 128 Å². The molecule has 0 radical (unpaired) electrons. The zero-order valence-electron chi connectivity index (χ0n) is 11.2. The summed E-state index contributed by atoms with van der Waals surface area (Å²) in [6.07, 6.45) is -3.81. The molecule has 0 N–H and O–H groups in total. The van der Waals surface area contributed by atoms with Gasteiger partial charge < -0.3 is 4.74 Å². The Morgan fingerprint density at radius 3 is 2.48 bits per heavy atom. The second kappa shape index (κ2) is 6.57. The third-order valence-corrected chi connectivity index (χ3v) is 3.12. The highest BCUT2D eigenvalue weighted by Crippen LogP contribution is 2.29. The summed E-state index contributed by atoms with van der Waals surface area (Å²) in [6, 6.07) is 6.80. The first kappa shape index (κ1) is 16.0. The standard InChI is InChI=1S/C13H13BrF3N3O/c1-2-7-21-8-20-11(9-3-5-10(14)6-4-9)18-12(19-20)13(15,16)17/h3-6H,2,7-8H2,1H3. The molecular weight excluding hydrogens is 351 g/mol. The predicted octanol–water partition coefficient (Wildman–Crippen LogP) is 4.11. The SMILES string of the molecule is CCCOCn1nc(C(F)(F)F)nc1-c1ccc(Br)cc1. The van der Waals surface area contributed by atoms with Gasteiger partial charge in [0.15, 0.2) is 5.82 Å². The smallest absolute Gasteiger partial charge is 0.359 e. The van der Waals surface area contributed by atoms with E-state index in [2.05, 4.69) is 26.0 Å². The molecule has 0 atom stereocenters. The monoisotopic (exact) mass is 363 g/mol. The average Bonchev–Trinajstić information content (AvgIpc) is 2.84. The molecule has 21 heavy (non-hydrogen) atoms. The van der Waals surface area contributed by atoms with Crippen LogP contribution in [0.15, 0.2) is 28.7 Å². The number of benzene rings is 1. The summed E-state index contributed by atoms with van der Waals surface area (Å²) in [5.74, 6) is -1.04. The number of hydrogen-bond donors (Lipinski definition) is 0. The minimum atomic E-state index is -4.58. The van der Waals surface area contributed by atoms with Gasteiger partial charge in [-0.3, -0.25) is 0 Å². The van der Waals surface area contributed by atoms with Gasteiger partial charge >= 0.3 is 6.18 Å². The van der Waals surface area contributed by atoms with Gasteiger partial charge in [-0.25, -0.2) is 9.67 Å². The van der Waals surface area contributed by atoms with E-state index in [1.165, 1.54) is 0 Å². The van der Waals surface area contributed by atoms with Crippen molar-refractivity contribution in [2.24, 2.45) is 0 Å². The Hall–Kier alpha value is -1.41. The van der Waals surface area contributed by atoms with Crippen LogP contribution in [0.25, 0.3) is 11.4 Å². The lowest BCUT2D eigenvalue weighted by molar-refractivity contribution is -0.145. The number of halogens is 4. The minimum Gasteiger partial charge on any atom is -0.359 e. The first-order valence-corrected chi connectivity index (χ1v) is 7.07. The maximum absolute atomic E-state index is 12.8. The Balaban J connectivity index is 2.36. The predicted molar refractivity (Wildman–Crippen MR) is 74.4 cm³/mol. The van der Waals surface area contributed by atoms with Crippen molar-refractivity contribution < 1.29 is 17.9 Å². The van der Waals surface area contributed by atoms with Crippen molar-refractivity contribution in [2.45, 2.75) is 26.3 Å². The van der Waals surface area contributed by atoms with Crippen molar-refractivity contribution in [3.05, 3.63) is 34.6 Å². The van der Waals surface area contributed by atoms with Crippen LogP contribution in [0, 0.1) is 0 Å². The van der Waals surface area contributed by atoms with Gasteiger partial charge in [0.2, 0.25) is 0 Å². The molecule has 0 aliphatic heterocycles. The van der Waals surface area contributed by atoms with Crippen molar-refractivity contribution >= 4 is 15.9 Å². The second-order valence-corrected chi connectivity index (χ2v) is 5.22. The molecule has 8 heteroatoms. The number of alkyl halides is 3. The Bertz CT molecular complexity index is 596. The maximum Gasteiger partial charge on any atom is 0.453 e. The summed E-state index contributed by atoms with van der Waals surface area (Å²) in [7, 11) is 0. The normalized spacial score (nSPS) is 11.9. The van der Waals surface area contributed by atoms with Crippen molar-refractivity contribution in [3.8, 4) is 11.4 Å². The van der Waals surface area contributed by atoms with E-state index in [9.17, 15) is 13.2 Å². The van der Waals surface area contributed by atoms with Gasteiger partial charge in [0, 0.05) is 16.6 Å². The molecule has 2 rings (SSSR count). The summed E-state index contributed by atoms with van der Waals surface area (Å²) >= 11 is 3.28. The Morgan fingerprint density at radius 2 is 1.90 bits per heavy atom.